The molecule has 1 aliphatic rings. The molecule has 0 radical (unpaired) electrons. The van der Waals surface area contributed by atoms with E-state index in [-0.39, 0.29) is 0 Å². The first-order valence-electron chi connectivity index (χ1n) is 7.35. The highest BCUT2D eigenvalue weighted by molar-refractivity contribution is 7.10. The van der Waals surface area contributed by atoms with Crippen LogP contribution in [0.4, 0.5) is 0 Å². The average Bonchev–Trinajstić information content (AvgIpc) is 2.83. The summed E-state index contributed by atoms with van der Waals surface area (Å²) in [6.45, 7) is 8.30. The molecular formula is C15H26N2S. The van der Waals surface area contributed by atoms with Gasteiger partial charge < -0.3 is 10.2 Å². The maximum Gasteiger partial charge on any atom is 0.0414 e. The van der Waals surface area contributed by atoms with Crippen molar-refractivity contribution in [1.82, 2.24) is 10.2 Å². The fourth-order valence-corrected chi connectivity index (χ4v) is 3.68. The lowest BCUT2D eigenvalue weighted by Crippen LogP contribution is -2.33. The molecular weight excluding hydrogens is 240 g/mol. The number of likely N-dealkylation sites (tertiary alicyclic amines) is 1. The number of hydrogen-bond donors (Lipinski definition) is 1. The molecule has 0 aromatic carbocycles. The van der Waals surface area contributed by atoms with Gasteiger partial charge in [-0.3, -0.25) is 0 Å². The number of thiophene rings is 1. The zero-order chi connectivity index (χ0) is 12.8. The van der Waals surface area contributed by atoms with Gasteiger partial charge in [0.2, 0.25) is 0 Å². The van der Waals surface area contributed by atoms with Crippen LogP contribution in [0, 0.1) is 0 Å². The second-order valence-electron chi connectivity index (χ2n) is 5.21. The monoisotopic (exact) mass is 266 g/mol. The number of rotatable bonds is 5. The molecule has 2 heterocycles. The fourth-order valence-electron chi connectivity index (χ4n) is 2.81. The lowest BCUT2D eigenvalue weighted by atomic mass is 10.1. The Balaban J connectivity index is 1.88. The van der Waals surface area contributed by atoms with E-state index in [1.807, 2.05) is 11.3 Å². The summed E-state index contributed by atoms with van der Waals surface area (Å²) in [7, 11) is 0. The van der Waals surface area contributed by atoms with Crippen molar-refractivity contribution in [3.05, 3.63) is 22.4 Å². The number of nitrogens with zero attached hydrogens (tertiary/aromatic N) is 1. The van der Waals surface area contributed by atoms with Gasteiger partial charge in [0.25, 0.3) is 0 Å². The summed E-state index contributed by atoms with van der Waals surface area (Å²) in [5, 5.41) is 6.06. The van der Waals surface area contributed by atoms with Gasteiger partial charge in [-0.2, -0.15) is 0 Å². The van der Waals surface area contributed by atoms with Gasteiger partial charge in [0.05, 0.1) is 0 Å². The van der Waals surface area contributed by atoms with Crippen LogP contribution in [0.25, 0.3) is 0 Å². The van der Waals surface area contributed by atoms with Crippen LogP contribution >= 0.6 is 11.3 Å². The average molecular weight is 266 g/mol. The summed E-state index contributed by atoms with van der Waals surface area (Å²) in [6, 6.07) is 5.69. The van der Waals surface area contributed by atoms with Gasteiger partial charge in [0, 0.05) is 17.0 Å². The van der Waals surface area contributed by atoms with Gasteiger partial charge in [0.1, 0.15) is 0 Å². The molecule has 1 aromatic rings. The summed E-state index contributed by atoms with van der Waals surface area (Å²) in [5.74, 6) is 0. The first-order valence-corrected chi connectivity index (χ1v) is 8.23. The second-order valence-corrected chi connectivity index (χ2v) is 6.18. The zero-order valence-corrected chi connectivity index (χ0v) is 12.5. The Kier molecular flexibility index (Phi) is 5.67. The highest BCUT2D eigenvalue weighted by Gasteiger charge is 2.19. The molecule has 18 heavy (non-hydrogen) atoms. The molecule has 1 aliphatic heterocycles. The third-order valence-corrected chi connectivity index (χ3v) is 4.99. The molecule has 2 atom stereocenters. The minimum absolute atomic E-state index is 0.558. The van der Waals surface area contributed by atoms with Crippen molar-refractivity contribution < 1.29 is 0 Å². The molecule has 3 heteroatoms. The normalized spacial score (nSPS) is 23.8. The van der Waals surface area contributed by atoms with Gasteiger partial charge >= 0.3 is 0 Å². The third-order valence-electron chi connectivity index (χ3n) is 4.00. The molecule has 2 nitrogen and oxygen atoms in total. The molecule has 102 valence electrons. The van der Waals surface area contributed by atoms with Crippen LogP contribution in [0.2, 0.25) is 0 Å². The molecule has 1 N–H and O–H groups in total. The van der Waals surface area contributed by atoms with Crippen LogP contribution in [0.3, 0.4) is 0 Å². The maximum atomic E-state index is 3.88. The van der Waals surface area contributed by atoms with E-state index in [0.29, 0.717) is 12.1 Å². The van der Waals surface area contributed by atoms with E-state index in [4.69, 9.17) is 0 Å². The van der Waals surface area contributed by atoms with Gasteiger partial charge in [0.15, 0.2) is 0 Å². The van der Waals surface area contributed by atoms with Crippen LogP contribution in [-0.2, 0) is 0 Å². The van der Waals surface area contributed by atoms with E-state index >= 15 is 0 Å². The van der Waals surface area contributed by atoms with Crippen LogP contribution in [0.15, 0.2) is 17.5 Å². The summed E-state index contributed by atoms with van der Waals surface area (Å²) >= 11 is 1.88. The predicted octanol–water partition coefficient (Wildman–Crippen LogP) is 3.66. The van der Waals surface area contributed by atoms with Crippen molar-refractivity contribution in [3.63, 3.8) is 0 Å². The largest absolute Gasteiger partial charge is 0.306 e. The zero-order valence-electron chi connectivity index (χ0n) is 11.7. The van der Waals surface area contributed by atoms with E-state index < -0.39 is 0 Å². The van der Waals surface area contributed by atoms with Crippen molar-refractivity contribution in [2.45, 2.75) is 51.6 Å². The van der Waals surface area contributed by atoms with Gasteiger partial charge in [-0.15, -0.1) is 11.3 Å². The Hall–Kier alpha value is -0.380. The van der Waals surface area contributed by atoms with E-state index in [0.717, 1.165) is 0 Å². The Morgan fingerprint density at radius 1 is 1.39 bits per heavy atom. The summed E-state index contributed by atoms with van der Waals surface area (Å²) in [4.78, 5) is 4.07. The Bertz CT molecular complexity index is 323. The number of nitrogens with one attached hydrogen (secondary N) is 1. The number of hydrogen-bond acceptors (Lipinski definition) is 3. The molecule has 2 rings (SSSR count). The maximum absolute atomic E-state index is 3.88. The minimum atomic E-state index is 0.558. The predicted molar refractivity (Wildman–Crippen MR) is 80.2 cm³/mol. The standard InChI is InChI=1S/C15H26N2S/c1-3-14(15-8-6-12-18-15)16-13-7-5-10-17(4-2)11-9-13/h6,8,12-14,16H,3-5,7,9-11H2,1-2H3. The first kappa shape index (κ1) is 14.0. The highest BCUT2D eigenvalue weighted by atomic mass is 32.1. The van der Waals surface area contributed by atoms with E-state index in [9.17, 15) is 0 Å². The van der Waals surface area contributed by atoms with E-state index in [1.165, 1.54) is 50.2 Å². The Morgan fingerprint density at radius 2 is 2.28 bits per heavy atom. The molecule has 0 aliphatic carbocycles. The first-order chi connectivity index (χ1) is 8.83. The second kappa shape index (κ2) is 7.27. The summed E-state index contributed by atoms with van der Waals surface area (Å²) in [6.07, 6.45) is 5.16. The van der Waals surface area contributed by atoms with Crippen molar-refractivity contribution in [2.75, 3.05) is 19.6 Å². The lowest BCUT2D eigenvalue weighted by Gasteiger charge is -2.23. The quantitative estimate of drug-likeness (QED) is 0.875. The van der Waals surface area contributed by atoms with Crippen LogP contribution in [-0.4, -0.2) is 30.6 Å². The third kappa shape index (κ3) is 3.81. The SMILES string of the molecule is CCC(NC1CCCN(CC)CC1)c1cccs1. The molecule has 0 bridgehead atoms. The van der Waals surface area contributed by atoms with Gasteiger partial charge in [-0.25, -0.2) is 0 Å². The molecule has 0 amide bonds. The lowest BCUT2D eigenvalue weighted by molar-refractivity contribution is 0.295. The minimum Gasteiger partial charge on any atom is -0.306 e. The van der Waals surface area contributed by atoms with Crippen LogP contribution < -0.4 is 5.32 Å². The van der Waals surface area contributed by atoms with E-state index in [1.54, 1.807) is 0 Å². The van der Waals surface area contributed by atoms with Crippen molar-refractivity contribution in [1.29, 1.82) is 0 Å². The van der Waals surface area contributed by atoms with Crippen molar-refractivity contribution in [2.24, 2.45) is 0 Å². The van der Waals surface area contributed by atoms with Gasteiger partial charge in [-0.05, 0) is 56.8 Å². The summed E-state index contributed by atoms with van der Waals surface area (Å²) in [5.41, 5.74) is 0. The Labute approximate surface area is 115 Å². The van der Waals surface area contributed by atoms with Crippen LogP contribution in [0.1, 0.15) is 50.4 Å². The molecule has 1 aromatic heterocycles. The Morgan fingerprint density at radius 3 is 2.94 bits per heavy atom. The molecule has 0 saturated carbocycles. The fraction of sp³-hybridized carbons (Fsp3) is 0.733. The molecule has 1 fully saturated rings. The van der Waals surface area contributed by atoms with Gasteiger partial charge in [-0.1, -0.05) is 19.9 Å². The summed E-state index contributed by atoms with van der Waals surface area (Å²) < 4.78 is 0. The topological polar surface area (TPSA) is 15.3 Å². The molecule has 2 unspecified atom stereocenters. The molecule has 0 spiro atoms. The van der Waals surface area contributed by atoms with E-state index in [2.05, 4.69) is 41.6 Å². The highest BCUT2D eigenvalue weighted by Crippen LogP contribution is 2.24. The van der Waals surface area contributed by atoms with Crippen molar-refractivity contribution in [3.8, 4) is 0 Å². The smallest absolute Gasteiger partial charge is 0.0414 e. The van der Waals surface area contributed by atoms with Crippen molar-refractivity contribution >= 4 is 11.3 Å². The molecule has 1 saturated heterocycles. The van der Waals surface area contributed by atoms with Crippen LogP contribution in [0.5, 0.6) is 0 Å².